The molecule has 6 heteroatoms. The fraction of sp³-hybridized carbons (Fsp3) is 0.571. The smallest absolute Gasteiger partial charge is 0.253 e. The van der Waals surface area contributed by atoms with E-state index in [1.807, 2.05) is 17.0 Å². The van der Waals surface area contributed by atoms with Crippen molar-refractivity contribution in [3.8, 4) is 0 Å². The van der Waals surface area contributed by atoms with Gasteiger partial charge in [0, 0.05) is 38.2 Å². The van der Waals surface area contributed by atoms with Crippen LogP contribution in [0.25, 0.3) is 0 Å². The molecule has 0 radical (unpaired) electrons. The molecule has 1 aliphatic heterocycles. The van der Waals surface area contributed by atoms with Crippen molar-refractivity contribution in [2.24, 2.45) is 0 Å². The number of nitrogens with zero attached hydrogens (tertiary/aromatic N) is 4. The minimum absolute atomic E-state index is 0.115. The van der Waals surface area contributed by atoms with Crippen molar-refractivity contribution in [3.05, 3.63) is 47.1 Å². The maximum Gasteiger partial charge on any atom is 0.253 e. The van der Waals surface area contributed by atoms with Crippen molar-refractivity contribution in [2.75, 3.05) is 26.2 Å². The van der Waals surface area contributed by atoms with Gasteiger partial charge in [0.1, 0.15) is 0 Å². The van der Waals surface area contributed by atoms with Gasteiger partial charge in [0.15, 0.2) is 5.82 Å². The van der Waals surface area contributed by atoms with Gasteiger partial charge in [-0.2, -0.15) is 4.98 Å². The first kappa shape index (κ1) is 19.5. The molecule has 0 unspecified atom stereocenters. The number of benzene rings is 1. The molecule has 0 aliphatic carbocycles. The third-order valence-electron chi connectivity index (χ3n) is 5.11. The molecule has 0 N–H and O–H groups in total. The second-order valence-corrected chi connectivity index (χ2v) is 7.55. The number of carbonyl (C=O) groups is 1. The van der Waals surface area contributed by atoms with Crippen LogP contribution in [0.1, 0.15) is 67.2 Å². The molecule has 0 atom stereocenters. The highest BCUT2D eigenvalue weighted by Gasteiger charge is 2.23. The summed E-state index contributed by atoms with van der Waals surface area (Å²) in [6.07, 6.45) is 3.08. The molecule has 0 spiro atoms. The lowest BCUT2D eigenvalue weighted by Crippen LogP contribution is -2.48. The molecular formula is C21H30N4O2. The SMILES string of the molecule is CCCCc1noc(CN2CCN(C(=O)c3ccc(C(C)C)cc3)CC2)n1. The van der Waals surface area contributed by atoms with E-state index in [1.54, 1.807) is 0 Å². The normalized spacial score (nSPS) is 15.5. The number of hydrogen-bond acceptors (Lipinski definition) is 5. The lowest BCUT2D eigenvalue weighted by molar-refractivity contribution is 0.0615. The molecule has 2 aromatic rings. The molecule has 146 valence electrons. The Balaban J connectivity index is 1.49. The molecule has 2 heterocycles. The molecule has 3 rings (SSSR count). The first-order valence-electron chi connectivity index (χ1n) is 10.00. The van der Waals surface area contributed by atoms with E-state index in [0.29, 0.717) is 18.4 Å². The number of piperazine rings is 1. The molecule has 1 aromatic heterocycles. The summed E-state index contributed by atoms with van der Waals surface area (Å²) < 4.78 is 5.36. The van der Waals surface area contributed by atoms with E-state index >= 15 is 0 Å². The zero-order chi connectivity index (χ0) is 19.2. The molecule has 1 fully saturated rings. The van der Waals surface area contributed by atoms with Crippen molar-refractivity contribution < 1.29 is 9.32 Å². The average Bonchev–Trinajstić information content (AvgIpc) is 3.13. The van der Waals surface area contributed by atoms with Gasteiger partial charge >= 0.3 is 0 Å². The quantitative estimate of drug-likeness (QED) is 0.746. The van der Waals surface area contributed by atoms with Crippen molar-refractivity contribution in [3.63, 3.8) is 0 Å². The summed E-state index contributed by atoms with van der Waals surface area (Å²) in [6, 6.07) is 8.00. The van der Waals surface area contributed by atoms with E-state index in [-0.39, 0.29) is 5.91 Å². The lowest BCUT2D eigenvalue weighted by Gasteiger charge is -2.34. The summed E-state index contributed by atoms with van der Waals surface area (Å²) in [5.74, 6) is 2.06. The van der Waals surface area contributed by atoms with E-state index in [0.717, 1.165) is 56.8 Å². The third kappa shape index (κ3) is 5.16. The van der Waals surface area contributed by atoms with Crippen LogP contribution in [-0.4, -0.2) is 52.0 Å². The molecule has 0 bridgehead atoms. The van der Waals surface area contributed by atoms with Crippen LogP contribution in [0.3, 0.4) is 0 Å². The maximum absolute atomic E-state index is 12.7. The summed E-state index contributed by atoms with van der Waals surface area (Å²) in [7, 11) is 0. The summed E-state index contributed by atoms with van der Waals surface area (Å²) in [4.78, 5) is 21.4. The number of amides is 1. The van der Waals surface area contributed by atoms with Crippen molar-refractivity contribution >= 4 is 5.91 Å². The number of unbranched alkanes of at least 4 members (excludes halogenated alkanes) is 1. The van der Waals surface area contributed by atoms with Gasteiger partial charge in [0.25, 0.3) is 5.91 Å². The highest BCUT2D eigenvalue weighted by molar-refractivity contribution is 5.94. The van der Waals surface area contributed by atoms with Gasteiger partial charge in [0.2, 0.25) is 5.89 Å². The molecule has 1 aromatic carbocycles. The number of hydrogen-bond donors (Lipinski definition) is 0. The largest absolute Gasteiger partial charge is 0.338 e. The van der Waals surface area contributed by atoms with Crippen molar-refractivity contribution in [1.29, 1.82) is 0 Å². The molecule has 27 heavy (non-hydrogen) atoms. The Labute approximate surface area is 161 Å². The van der Waals surface area contributed by atoms with Crippen LogP contribution >= 0.6 is 0 Å². The van der Waals surface area contributed by atoms with E-state index in [1.165, 1.54) is 5.56 Å². The van der Waals surface area contributed by atoms with E-state index in [4.69, 9.17) is 4.52 Å². The Bertz CT molecular complexity index is 731. The van der Waals surface area contributed by atoms with Crippen LogP contribution in [0.15, 0.2) is 28.8 Å². The van der Waals surface area contributed by atoms with Gasteiger partial charge in [-0.1, -0.05) is 44.5 Å². The first-order chi connectivity index (χ1) is 13.1. The van der Waals surface area contributed by atoms with Gasteiger partial charge in [0.05, 0.1) is 6.54 Å². The topological polar surface area (TPSA) is 62.5 Å². The van der Waals surface area contributed by atoms with Crippen LogP contribution in [0.2, 0.25) is 0 Å². The predicted octanol–water partition coefficient (Wildman–Crippen LogP) is 3.49. The van der Waals surface area contributed by atoms with Crippen LogP contribution in [0, 0.1) is 0 Å². The van der Waals surface area contributed by atoms with Gasteiger partial charge < -0.3 is 9.42 Å². The Morgan fingerprint density at radius 3 is 2.48 bits per heavy atom. The zero-order valence-electron chi connectivity index (χ0n) is 16.6. The monoisotopic (exact) mass is 370 g/mol. The number of aryl methyl sites for hydroxylation is 1. The Morgan fingerprint density at radius 2 is 1.85 bits per heavy atom. The number of rotatable bonds is 7. The van der Waals surface area contributed by atoms with E-state index < -0.39 is 0 Å². The van der Waals surface area contributed by atoms with E-state index in [2.05, 4.69) is 47.9 Å². The Hall–Kier alpha value is -2.21. The minimum Gasteiger partial charge on any atom is -0.338 e. The molecule has 6 nitrogen and oxygen atoms in total. The predicted molar refractivity (Wildman–Crippen MR) is 105 cm³/mol. The van der Waals surface area contributed by atoms with Crippen LogP contribution in [-0.2, 0) is 13.0 Å². The Kier molecular flexibility index (Phi) is 6.61. The van der Waals surface area contributed by atoms with Crippen molar-refractivity contribution in [1.82, 2.24) is 19.9 Å². The van der Waals surface area contributed by atoms with Crippen LogP contribution < -0.4 is 0 Å². The van der Waals surface area contributed by atoms with Crippen LogP contribution in [0.4, 0.5) is 0 Å². The lowest BCUT2D eigenvalue weighted by atomic mass is 10.0. The van der Waals surface area contributed by atoms with Gasteiger partial charge in [-0.05, 0) is 30.0 Å². The summed E-state index contributed by atoms with van der Waals surface area (Å²) in [5.41, 5.74) is 2.03. The van der Waals surface area contributed by atoms with E-state index in [9.17, 15) is 4.79 Å². The molecule has 1 aliphatic rings. The number of carbonyl (C=O) groups excluding carboxylic acids is 1. The van der Waals surface area contributed by atoms with Crippen LogP contribution in [0.5, 0.6) is 0 Å². The third-order valence-corrected chi connectivity index (χ3v) is 5.11. The fourth-order valence-electron chi connectivity index (χ4n) is 3.28. The van der Waals surface area contributed by atoms with Gasteiger partial charge in [-0.3, -0.25) is 9.69 Å². The highest BCUT2D eigenvalue weighted by atomic mass is 16.5. The molecule has 0 saturated carbocycles. The summed E-state index contributed by atoms with van der Waals surface area (Å²) in [5, 5.41) is 4.04. The highest BCUT2D eigenvalue weighted by Crippen LogP contribution is 2.17. The average molecular weight is 370 g/mol. The number of aromatic nitrogens is 2. The second kappa shape index (κ2) is 9.13. The molecule has 1 amide bonds. The van der Waals surface area contributed by atoms with Gasteiger partial charge in [-0.15, -0.1) is 0 Å². The molecule has 1 saturated heterocycles. The maximum atomic E-state index is 12.7. The summed E-state index contributed by atoms with van der Waals surface area (Å²) >= 11 is 0. The van der Waals surface area contributed by atoms with Gasteiger partial charge in [-0.25, -0.2) is 0 Å². The Morgan fingerprint density at radius 1 is 1.15 bits per heavy atom. The second-order valence-electron chi connectivity index (χ2n) is 7.55. The zero-order valence-corrected chi connectivity index (χ0v) is 16.6. The minimum atomic E-state index is 0.115. The first-order valence-corrected chi connectivity index (χ1v) is 10.00. The molecular weight excluding hydrogens is 340 g/mol. The summed E-state index contributed by atoms with van der Waals surface area (Å²) in [6.45, 7) is 10.2. The fourth-order valence-corrected chi connectivity index (χ4v) is 3.28. The standard InChI is InChI=1S/C21H30N4O2/c1-4-5-6-19-22-20(27-23-19)15-24-11-13-25(14-12-24)21(26)18-9-7-17(8-10-18)16(2)3/h7-10,16H,4-6,11-15H2,1-3H3. The van der Waals surface area contributed by atoms with Crippen molar-refractivity contribution in [2.45, 2.75) is 52.5 Å².